The van der Waals surface area contributed by atoms with Crippen molar-refractivity contribution in [2.75, 3.05) is 18.1 Å². The summed E-state index contributed by atoms with van der Waals surface area (Å²) >= 11 is 0. The molecule has 5 heteroatoms. The zero-order chi connectivity index (χ0) is 15.4. The number of rotatable bonds is 4. The molecule has 0 radical (unpaired) electrons. The number of ether oxygens (including phenoxy) is 2. The van der Waals surface area contributed by atoms with Crippen LogP contribution in [0.1, 0.15) is 38.5 Å². The fourth-order valence-electron chi connectivity index (χ4n) is 3.03. The van der Waals surface area contributed by atoms with E-state index in [-0.39, 0.29) is 31.0 Å². The Bertz CT molecular complexity index is 551. The molecule has 1 aromatic carbocycles. The van der Waals surface area contributed by atoms with Crippen molar-refractivity contribution in [3.05, 3.63) is 24.3 Å². The van der Waals surface area contributed by atoms with Gasteiger partial charge in [0.05, 0.1) is 12.1 Å². The van der Waals surface area contributed by atoms with E-state index in [4.69, 9.17) is 9.47 Å². The second kappa shape index (κ2) is 6.81. The molecule has 1 heterocycles. The van der Waals surface area contributed by atoms with E-state index in [1.54, 1.807) is 4.90 Å². The number of carbonyl (C=O) groups excluding carboxylic acids is 2. The van der Waals surface area contributed by atoms with Crippen molar-refractivity contribution in [1.82, 2.24) is 0 Å². The predicted octanol–water partition coefficient (Wildman–Crippen LogP) is 2.68. The number of carbonyl (C=O) groups is 2. The molecule has 5 nitrogen and oxygen atoms in total. The molecule has 0 N–H and O–H groups in total. The van der Waals surface area contributed by atoms with Gasteiger partial charge >= 0.3 is 5.97 Å². The molecule has 2 aliphatic rings. The van der Waals surface area contributed by atoms with Crippen LogP contribution in [0.4, 0.5) is 5.69 Å². The van der Waals surface area contributed by atoms with Crippen molar-refractivity contribution in [2.24, 2.45) is 0 Å². The molecule has 22 heavy (non-hydrogen) atoms. The van der Waals surface area contributed by atoms with Crippen LogP contribution < -0.4 is 9.64 Å². The van der Waals surface area contributed by atoms with Gasteiger partial charge < -0.3 is 14.4 Å². The molecule has 1 saturated carbocycles. The largest absolute Gasteiger partial charge is 0.482 e. The third-order valence-corrected chi connectivity index (χ3v) is 4.20. The van der Waals surface area contributed by atoms with Crippen molar-refractivity contribution in [3.8, 4) is 5.75 Å². The molecule has 0 aromatic heterocycles. The van der Waals surface area contributed by atoms with E-state index >= 15 is 0 Å². The van der Waals surface area contributed by atoms with Gasteiger partial charge in [0.25, 0.3) is 5.91 Å². The zero-order valence-corrected chi connectivity index (χ0v) is 12.6. The third-order valence-electron chi connectivity index (χ3n) is 4.20. The number of para-hydroxylation sites is 2. The second-order valence-electron chi connectivity index (χ2n) is 5.80. The van der Waals surface area contributed by atoms with E-state index in [0.717, 1.165) is 31.4 Å². The highest BCUT2D eigenvalue weighted by Gasteiger charge is 2.26. The number of benzene rings is 1. The van der Waals surface area contributed by atoms with Gasteiger partial charge in [0.1, 0.15) is 11.9 Å². The van der Waals surface area contributed by atoms with Gasteiger partial charge in [0.2, 0.25) is 0 Å². The molecule has 3 rings (SSSR count). The van der Waals surface area contributed by atoms with Crippen LogP contribution >= 0.6 is 0 Å². The molecule has 0 atom stereocenters. The lowest BCUT2D eigenvalue weighted by Crippen LogP contribution is -2.40. The summed E-state index contributed by atoms with van der Waals surface area (Å²) in [5.74, 6) is 0.343. The maximum atomic E-state index is 12.0. The Morgan fingerprint density at radius 1 is 1.23 bits per heavy atom. The smallest absolute Gasteiger partial charge is 0.307 e. The number of anilines is 1. The highest BCUT2D eigenvalue weighted by Crippen LogP contribution is 2.31. The average Bonchev–Trinajstić information content (AvgIpc) is 2.55. The number of hydrogen-bond acceptors (Lipinski definition) is 4. The minimum atomic E-state index is -0.219. The fourth-order valence-corrected chi connectivity index (χ4v) is 3.03. The molecule has 1 aliphatic carbocycles. The quantitative estimate of drug-likeness (QED) is 0.803. The molecule has 0 spiro atoms. The molecule has 1 amide bonds. The minimum absolute atomic E-state index is 0.0225. The first-order chi connectivity index (χ1) is 10.7. The lowest BCUT2D eigenvalue weighted by atomic mass is 9.98. The Kier molecular flexibility index (Phi) is 4.61. The summed E-state index contributed by atoms with van der Waals surface area (Å²) < 4.78 is 10.9. The zero-order valence-electron chi connectivity index (χ0n) is 12.6. The molecule has 0 saturated heterocycles. The highest BCUT2D eigenvalue weighted by atomic mass is 16.5. The number of nitrogens with zero attached hydrogens (tertiary/aromatic N) is 1. The van der Waals surface area contributed by atoms with Crippen LogP contribution in [0, 0.1) is 0 Å². The minimum Gasteiger partial charge on any atom is -0.482 e. The number of hydrogen-bond donors (Lipinski definition) is 0. The van der Waals surface area contributed by atoms with Crippen LogP contribution in [-0.4, -0.2) is 31.1 Å². The normalized spacial score (nSPS) is 18.5. The Morgan fingerprint density at radius 2 is 2.00 bits per heavy atom. The van der Waals surface area contributed by atoms with Crippen LogP contribution in [0.15, 0.2) is 24.3 Å². The first-order valence-corrected chi connectivity index (χ1v) is 7.96. The van der Waals surface area contributed by atoms with Gasteiger partial charge in [-0.2, -0.15) is 0 Å². The van der Waals surface area contributed by atoms with Crippen LogP contribution in [0.2, 0.25) is 0 Å². The Labute approximate surface area is 130 Å². The summed E-state index contributed by atoms with van der Waals surface area (Å²) in [5, 5.41) is 0. The van der Waals surface area contributed by atoms with Crippen LogP contribution in [0.25, 0.3) is 0 Å². The average molecular weight is 303 g/mol. The lowest BCUT2D eigenvalue weighted by molar-refractivity contribution is -0.150. The third kappa shape index (κ3) is 3.40. The van der Waals surface area contributed by atoms with Crippen molar-refractivity contribution < 1.29 is 19.1 Å². The van der Waals surface area contributed by atoms with Crippen LogP contribution in [0.3, 0.4) is 0 Å². The van der Waals surface area contributed by atoms with Gasteiger partial charge in [0.15, 0.2) is 6.61 Å². The first-order valence-electron chi connectivity index (χ1n) is 7.96. The van der Waals surface area contributed by atoms with E-state index in [1.807, 2.05) is 24.3 Å². The summed E-state index contributed by atoms with van der Waals surface area (Å²) in [6.45, 7) is 0.361. The SMILES string of the molecule is O=C(CCN1C(=O)COc2ccccc21)OC1CCCCC1. The molecule has 0 bridgehead atoms. The fraction of sp³-hybridized carbons (Fsp3) is 0.529. The van der Waals surface area contributed by atoms with E-state index in [1.165, 1.54) is 6.42 Å². The van der Waals surface area contributed by atoms with Crippen molar-refractivity contribution >= 4 is 17.6 Å². The molecule has 1 aliphatic heterocycles. The Morgan fingerprint density at radius 3 is 2.82 bits per heavy atom. The lowest BCUT2D eigenvalue weighted by Gasteiger charge is -2.29. The Hall–Kier alpha value is -2.04. The van der Waals surface area contributed by atoms with Crippen molar-refractivity contribution in [1.29, 1.82) is 0 Å². The summed E-state index contributed by atoms with van der Waals surface area (Å²) in [5.41, 5.74) is 0.726. The molecule has 118 valence electrons. The summed E-state index contributed by atoms with van der Waals surface area (Å²) in [7, 11) is 0. The summed E-state index contributed by atoms with van der Waals surface area (Å²) in [6.07, 6.45) is 5.70. The van der Waals surface area contributed by atoms with Gasteiger partial charge in [-0.3, -0.25) is 9.59 Å². The van der Waals surface area contributed by atoms with Gasteiger partial charge in [-0.15, -0.1) is 0 Å². The Balaban J connectivity index is 1.56. The van der Waals surface area contributed by atoms with Gasteiger partial charge in [-0.25, -0.2) is 0 Å². The standard InChI is InChI=1S/C17H21NO4/c19-16-12-21-15-9-5-4-8-14(15)18(16)11-10-17(20)22-13-6-2-1-3-7-13/h4-5,8-9,13H,1-3,6-7,10-12H2. The maximum Gasteiger partial charge on any atom is 0.307 e. The van der Waals surface area contributed by atoms with Gasteiger partial charge in [-0.1, -0.05) is 18.6 Å². The van der Waals surface area contributed by atoms with E-state index in [0.29, 0.717) is 12.3 Å². The number of fused-ring (bicyclic) bond motifs is 1. The predicted molar refractivity (Wildman–Crippen MR) is 81.9 cm³/mol. The second-order valence-corrected chi connectivity index (χ2v) is 5.80. The molecule has 0 unspecified atom stereocenters. The van der Waals surface area contributed by atoms with Crippen molar-refractivity contribution in [2.45, 2.75) is 44.6 Å². The van der Waals surface area contributed by atoms with Crippen molar-refractivity contribution in [3.63, 3.8) is 0 Å². The van der Waals surface area contributed by atoms with Crippen LogP contribution in [-0.2, 0) is 14.3 Å². The maximum absolute atomic E-state index is 12.0. The summed E-state index contributed by atoms with van der Waals surface area (Å²) in [4.78, 5) is 25.6. The highest BCUT2D eigenvalue weighted by molar-refractivity contribution is 5.98. The molecule has 1 aromatic rings. The van der Waals surface area contributed by atoms with Crippen LogP contribution in [0.5, 0.6) is 5.75 Å². The number of amides is 1. The molecular formula is C17H21NO4. The number of esters is 1. The topological polar surface area (TPSA) is 55.8 Å². The van der Waals surface area contributed by atoms with E-state index < -0.39 is 0 Å². The monoisotopic (exact) mass is 303 g/mol. The molecule has 1 fully saturated rings. The first kappa shape index (κ1) is 14.9. The van der Waals surface area contributed by atoms with E-state index in [9.17, 15) is 9.59 Å². The van der Waals surface area contributed by atoms with E-state index in [2.05, 4.69) is 0 Å². The van der Waals surface area contributed by atoms with Gasteiger partial charge in [0, 0.05) is 6.54 Å². The molecular weight excluding hydrogens is 282 g/mol. The summed E-state index contributed by atoms with van der Waals surface area (Å²) in [6, 6.07) is 7.38. The van der Waals surface area contributed by atoms with Gasteiger partial charge in [-0.05, 0) is 37.8 Å².